The van der Waals surface area contributed by atoms with Gasteiger partial charge in [0, 0.05) is 32.1 Å². The maximum Gasteiger partial charge on any atom is 0.337 e. The van der Waals surface area contributed by atoms with E-state index in [-0.39, 0.29) is 6.10 Å². The number of carboxylic acid groups (broad SMARTS) is 1. The molecule has 2 aromatic heterocycles. The molecule has 1 unspecified atom stereocenters. The van der Waals surface area contributed by atoms with Crippen LogP contribution in [-0.4, -0.2) is 22.2 Å². The summed E-state index contributed by atoms with van der Waals surface area (Å²) in [5, 5.41) is 13.3. The number of ether oxygens (including phenoxy) is 1. The smallest absolute Gasteiger partial charge is 0.337 e. The normalized spacial score (nSPS) is 12.7. The number of fused-ring (bicyclic) bond motifs is 1. The summed E-state index contributed by atoms with van der Waals surface area (Å²) in [6.07, 6.45) is -1.33. The molecule has 0 aliphatic heterocycles. The SMILES string of the molecule is Cc1ccsc1-c1c(C(OC(C)C)C(=O)O)c(C)nc2ccc(Cl)cc12. The summed E-state index contributed by atoms with van der Waals surface area (Å²) in [5.41, 5.74) is 3.95. The van der Waals surface area contributed by atoms with Gasteiger partial charge in [0.1, 0.15) is 0 Å². The molecule has 3 aromatic rings. The minimum atomic E-state index is -1.10. The van der Waals surface area contributed by atoms with Crippen molar-refractivity contribution in [2.75, 3.05) is 0 Å². The molecule has 136 valence electrons. The summed E-state index contributed by atoms with van der Waals surface area (Å²) >= 11 is 7.81. The molecule has 1 atom stereocenters. The molecular weight excluding hydrogens is 370 g/mol. The second-order valence-corrected chi connectivity index (χ2v) is 7.84. The topological polar surface area (TPSA) is 59.4 Å². The molecule has 26 heavy (non-hydrogen) atoms. The summed E-state index contributed by atoms with van der Waals surface area (Å²) in [7, 11) is 0. The van der Waals surface area contributed by atoms with Gasteiger partial charge < -0.3 is 9.84 Å². The second-order valence-electron chi connectivity index (χ2n) is 6.48. The van der Waals surface area contributed by atoms with Gasteiger partial charge in [0.25, 0.3) is 0 Å². The van der Waals surface area contributed by atoms with Gasteiger partial charge in [-0.2, -0.15) is 0 Å². The third kappa shape index (κ3) is 3.47. The van der Waals surface area contributed by atoms with Crippen LogP contribution >= 0.6 is 22.9 Å². The maximum absolute atomic E-state index is 12.0. The number of hydrogen-bond acceptors (Lipinski definition) is 4. The van der Waals surface area contributed by atoms with E-state index in [2.05, 4.69) is 4.98 Å². The Morgan fingerprint density at radius 1 is 1.27 bits per heavy atom. The van der Waals surface area contributed by atoms with Gasteiger partial charge in [-0.3, -0.25) is 4.98 Å². The molecule has 0 saturated carbocycles. The number of benzene rings is 1. The van der Waals surface area contributed by atoms with E-state index >= 15 is 0 Å². The standard InChI is InChI=1S/C20H20ClNO3S/c1-10(2)25-18(20(23)24)16-12(4)22-15-6-5-13(21)9-14(15)17(16)19-11(3)7-8-26-19/h5-10,18H,1-4H3,(H,23,24). The molecule has 3 rings (SSSR count). The van der Waals surface area contributed by atoms with Crippen molar-refractivity contribution in [2.45, 2.75) is 39.9 Å². The number of thiophene rings is 1. The van der Waals surface area contributed by atoms with Gasteiger partial charge in [-0.15, -0.1) is 11.3 Å². The van der Waals surface area contributed by atoms with Crippen LogP contribution in [0.4, 0.5) is 0 Å². The molecule has 1 aromatic carbocycles. The van der Waals surface area contributed by atoms with Gasteiger partial charge in [-0.05, 0) is 62.9 Å². The largest absolute Gasteiger partial charge is 0.479 e. The highest BCUT2D eigenvalue weighted by molar-refractivity contribution is 7.13. The Kier molecular flexibility index (Phi) is 5.32. The zero-order valence-electron chi connectivity index (χ0n) is 15.0. The molecule has 0 spiro atoms. The number of carboxylic acids is 1. The van der Waals surface area contributed by atoms with Crippen LogP contribution in [0.1, 0.15) is 36.8 Å². The Balaban J connectivity index is 2.43. The number of rotatable bonds is 5. The quantitative estimate of drug-likeness (QED) is 0.600. The highest BCUT2D eigenvalue weighted by Crippen LogP contribution is 2.42. The lowest BCUT2D eigenvalue weighted by atomic mass is 9.94. The lowest BCUT2D eigenvalue weighted by molar-refractivity contribution is -0.153. The number of hydrogen-bond donors (Lipinski definition) is 1. The molecule has 2 heterocycles. The number of nitrogens with zero attached hydrogens (tertiary/aromatic N) is 1. The molecule has 0 amide bonds. The third-order valence-electron chi connectivity index (χ3n) is 4.16. The monoisotopic (exact) mass is 389 g/mol. The van der Waals surface area contributed by atoms with Gasteiger partial charge in [0.2, 0.25) is 0 Å². The van der Waals surface area contributed by atoms with Crippen LogP contribution in [0.5, 0.6) is 0 Å². The first-order chi connectivity index (χ1) is 12.3. The predicted molar refractivity (Wildman–Crippen MR) is 106 cm³/mol. The average Bonchev–Trinajstić information content (AvgIpc) is 2.97. The minimum Gasteiger partial charge on any atom is -0.479 e. The Bertz CT molecular complexity index is 981. The van der Waals surface area contributed by atoms with E-state index in [1.807, 2.05) is 51.3 Å². The van der Waals surface area contributed by atoms with Crippen LogP contribution in [0.2, 0.25) is 5.02 Å². The molecule has 0 radical (unpaired) electrons. The first-order valence-corrected chi connectivity index (χ1v) is 9.57. The minimum absolute atomic E-state index is 0.233. The van der Waals surface area contributed by atoms with Crippen molar-refractivity contribution >= 4 is 39.8 Å². The zero-order valence-corrected chi connectivity index (χ0v) is 16.6. The number of carbonyl (C=O) groups is 1. The molecule has 0 fully saturated rings. The van der Waals surface area contributed by atoms with Crippen LogP contribution in [0.15, 0.2) is 29.6 Å². The van der Waals surface area contributed by atoms with Crippen molar-refractivity contribution in [2.24, 2.45) is 0 Å². The first-order valence-electron chi connectivity index (χ1n) is 8.32. The van der Waals surface area contributed by atoms with E-state index in [4.69, 9.17) is 16.3 Å². The molecule has 0 aliphatic carbocycles. The van der Waals surface area contributed by atoms with Crippen LogP contribution in [0.3, 0.4) is 0 Å². The summed E-state index contributed by atoms with van der Waals surface area (Å²) in [6, 6.07) is 7.52. The highest BCUT2D eigenvalue weighted by atomic mass is 35.5. The summed E-state index contributed by atoms with van der Waals surface area (Å²) in [5.74, 6) is -1.03. The Morgan fingerprint density at radius 3 is 2.58 bits per heavy atom. The van der Waals surface area contributed by atoms with E-state index < -0.39 is 12.1 Å². The summed E-state index contributed by atoms with van der Waals surface area (Å²) in [4.78, 5) is 17.7. The predicted octanol–water partition coefficient (Wildman–Crippen LogP) is 5.78. The van der Waals surface area contributed by atoms with Crippen LogP contribution in [0, 0.1) is 13.8 Å². The number of pyridine rings is 1. The molecule has 1 N–H and O–H groups in total. The van der Waals surface area contributed by atoms with E-state index in [9.17, 15) is 9.90 Å². The third-order valence-corrected chi connectivity index (χ3v) is 5.43. The number of halogens is 1. The van der Waals surface area contributed by atoms with Gasteiger partial charge >= 0.3 is 5.97 Å². The first kappa shape index (κ1) is 18.8. The molecule has 0 saturated heterocycles. The number of aromatic nitrogens is 1. The van der Waals surface area contributed by atoms with Crippen molar-refractivity contribution in [3.63, 3.8) is 0 Å². The Hall–Kier alpha value is -1.95. The van der Waals surface area contributed by atoms with Gasteiger partial charge in [-0.1, -0.05) is 11.6 Å². The van der Waals surface area contributed by atoms with E-state index in [1.165, 1.54) is 0 Å². The van der Waals surface area contributed by atoms with Crippen LogP contribution < -0.4 is 0 Å². The van der Waals surface area contributed by atoms with E-state index in [0.717, 1.165) is 26.9 Å². The lowest BCUT2D eigenvalue weighted by Crippen LogP contribution is -2.21. The maximum atomic E-state index is 12.0. The summed E-state index contributed by atoms with van der Waals surface area (Å²) in [6.45, 7) is 7.50. The van der Waals surface area contributed by atoms with Crippen molar-refractivity contribution in [3.05, 3.63) is 51.5 Å². The number of aliphatic carboxylic acids is 1. The fourth-order valence-electron chi connectivity index (χ4n) is 3.09. The van der Waals surface area contributed by atoms with Crippen molar-refractivity contribution in [1.82, 2.24) is 4.98 Å². The van der Waals surface area contributed by atoms with Gasteiger partial charge in [0.15, 0.2) is 6.10 Å². The fourth-order valence-corrected chi connectivity index (χ4v) is 4.26. The average molecular weight is 390 g/mol. The van der Waals surface area contributed by atoms with Crippen LogP contribution in [-0.2, 0) is 9.53 Å². The number of aryl methyl sites for hydroxylation is 2. The van der Waals surface area contributed by atoms with E-state index in [1.54, 1.807) is 17.4 Å². The van der Waals surface area contributed by atoms with Crippen molar-refractivity contribution in [3.8, 4) is 10.4 Å². The molecule has 0 bridgehead atoms. The molecule has 6 heteroatoms. The van der Waals surface area contributed by atoms with Crippen molar-refractivity contribution < 1.29 is 14.6 Å². The second kappa shape index (κ2) is 7.35. The fraction of sp³-hybridized carbons (Fsp3) is 0.300. The Morgan fingerprint density at radius 2 is 2.00 bits per heavy atom. The molecule has 0 aliphatic rings. The molecule has 4 nitrogen and oxygen atoms in total. The molecular formula is C20H20ClNO3S. The Labute approximate surface area is 161 Å². The zero-order chi connectivity index (χ0) is 19.0. The van der Waals surface area contributed by atoms with Gasteiger partial charge in [0.05, 0.1) is 11.6 Å². The highest BCUT2D eigenvalue weighted by Gasteiger charge is 2.30. The van der Waals surface area contributed by atoms with E-state index in [0.29, 0.717) is 16.3 Å². The lowest BCUT2D eigenvalue weighted by Gasteiger charge is -2.23. The summed E-state index contributed by atoms with van der Waals surface area (Å²) < 4.78 is 5.77. The van der Waals surface area contributed by atoms with Gasteiger partial charge in [-0.25, -0.2) is 4.79 Å². The van der Waals surface area contributed by atoms with Crippen molar-refractivity contribution in [1.29, 1.82) is 0 Å². The van der Waals surface area contributed by atoms with Crippen LogP contribution in [0.25, 0.3) is 21.3 Å².